The van der Waals surface area contributed by atoms with E-state index in [-0.39, 0.29) is 0 Å². The topological polar surface area (TPSA) is 12.0 Å². The molecule has 0 spiro atoms. The van der Waals surface area contributed by atoms with Crippen LogP contribution in [0.4, 0.5) is 0 Å². The highest BCUT2D eigenvalue weighted by Gasteiger charge is 2.27. The summed E-state index contributed by atoms with van der Waals surface area (Å²) in [5.74, 6) is 2.42. The molecule has 2 aliphatic rings. The molecule has 2 heterocycles. The van der Waals surface area contributed by atoms with Crippen LogP contribution in [0.5, 0.6) is 0 Å². The fraction of sp³-hybridized carbons (Fsp3) is 1.00. The van der Waals surface area contributed by atoms with Gasteiger partial charge in [0.2, 0.25) is 0 Å². The maximum Gasteiger partial charge on any atom is 0.00881 e. The van der Waals surface area contributed by atoms with E-state index in [9.17, 15) is 0 Å². The molecule has 2 unspecified atom stereocenters. The summed E-state index contributed by atoms with van der Waals surface area (Å²) in [5, 5.41) is 4.45. The van der Waals surface area contributed by atoms with Crippen LogP contribution in [0.15, 0.2) is 0 Å². The number of nitrogens with one attached hydrogen (secondary N) is 1. The second kappa shape index (κ2) is 3.14. The molecule has 2 aliphatic heterocycles. The smallest absolute Gasteiger partial charge is 0.00881 e. The quantitative estimate of drug-likeness (QED) is 0.619. The molecule has 2 atom stereocenters. The summed E-state index contributed by atoms with van der Waals surface area (Å²) in [6.07, 6.45) is 4.38. The third kappa shape index (κ3) is 1.32. The van der Waals surface area contributed by atoms with Crippen LogP contribution in [0.25, 0.3) is 0 Å². The fourth-order valence-corrected chi connectivity index (χ4v) is 3.44. The Labute approximate surface area is 67.0 Å². The molecule has 0 amide bonds. The lowest BCUT2D eigenvalue weighted by molar-refractivity contribution is 0.537. The Kier molecular flexibility index (Phi) is 2.19. The summed E-state index contributed by atoms with van der Waals surface area (Å²) < 4.78 is 0. The third-order valence-corrected chi connectivity index (χ3v) is 4.16. The molecule has 1 N–H and O–H groups in total. The van der Waals surface area contributed by atoms with Crippen LogP contribution in [0.3, 0.4) is 0 Å². The Morgan fingerprint density at radius 3 is 2.90 bits per heavy atom. The van der Waals surface area contributed by atoms with Gasteiger partial charge < -0.3 is 5.32 Å². The molecule has 2 saturated heterocycles. The third-order valence-electron chi connectivity index (χ3n) is 2.59. The summed E-state index contributed by atoms with van der Waals surface area (Å²) in [4.78, 5) is 0. The van der Waals surface area contributed by atoms with E-state index < -0.39 is 0 Å². The van der Waals surface area contributed by atoms with Crippen molar-refractivity contribution in [3.63, 3.8) is 0 Å². The van der Waals surface area contributed by atoms with Crippen LogP contribution in [0.2, 0.25) is 0 Å². The molecule has 0 radical (unpaired) electrons. The lowest BCUT2D eigenvalue weighted by Gasteiger charge is -2.14. The van der Waals surface area contributed by atoms with Crippen molar-refractivity contribution in [2.45, 2.75) is 24.5 Å². The van der Waals surface area contributed by atoms with E-state index in [0.717, 1.165) is 11.2 Å². The van der Waals surface area contributed by atoms with Crippen molar-refractivity contribution < 1.29 is 0 Å². The van der Waals surface area contributed by atoms with Crippen LogP contribution >= 0.6 is 11.8 Å². The zero-order valence-electron chi connectivity index (χ0n) is 6.31. The molecule has 10 heavy (non-hydrogen) atoms. The average molecular weight is 157 g/mol. The SMILES string of the molecule is C1CSC(C2CCNC2)C1. The zero-order valence-corrected chi connectivity index (χ0v) is 7.12. The van der Waals surface area contributed by atoms with Crippen LogP contribution in [0, 0.1) is 5.92 Å². The van der Waals surface area contributed by atoms with Gasteiger partial charge in [0.25, 0.3) is 0 Å². The Morgan fingerprint density at radius 2 is 2.30 bits per heavy atom. The van der Waals surface area contributed by atoms with Gasteiger partial charge in [0, 0.05) is 5.25 Å². The lowest BCUT2D eigenvalue weighted by atomic mass is 10.0. The van der Waals surface area contributed by atoms with E-state index in [0.29, 0.717) is 0 Å². The van der Waals surface area contributed by atoms with Gasteiger partial charge in [0.15, 0.2) is 0 Å². The molecular formula is C8H15NS. The monoisotopic (exact) mass is 157 g/mol. The minimum Gasteiger partial charge on any atom is -0.316 e. The van der Waals surface area contributed by atoms with Gasteiger partial charge in [-0.05, 0) is 44.0 Å². The first-order valence-electron chi connectivity index (χ1n) is 4.29. The van der Waals surface area contributed by atoms with Gasteiger partial charge in [-0.25, -0.2) is 0 Å². The van der Waals surface area contributed by atoms with Crippen molar-refractivity contribution >= 4 is 11.8 Å². The van der Waals surface area contributed by atoms with E-state index >= 15 is 0 Å². The number of hydrogen-bond acceptors (Lipinski definition) is 2. The van der Waals surface area contributed by atoms with Gasteiger partial charge in [-0.15, -0.1) is 0 Å². The highest BCUT2D eigenvalue weighted by molar-refractivity contribution is 8.00. The molecule has 58 valence electrons. The van der Waals surface area contributed by atoms with Crippen molar-refractivity contribution in [2.75, 3.05) is 18.8 Å². The molecule has 0 aliphatic carbocycles. The summed E-state index contributed by atoms with van der Waals surface area (Å²) in [6.45, 7) is 2.55. The van der Waals surface area contributed by atoms with Crippen molar-refractivity contribution in [3.8, 4) is 0 Å². The Morgan fingerprint density at radius 1 is 1.30 bits per heavy atom. The Bertz CT molecular complexity index is 89.8. The summed E-state index contributed by atoms with van der Waals surface area (Å²) in [5.41, 5.74) is 0. The van der Waals surface area contributed by atoms with Crippen LogP contribution in [-0.2, 0) is 0 Å². The molecule has 2 rings (SSSR count). The highest BCUT2D eigenvalue weighted by atomic mass is 32.2. The first-order chi connectivity index (χ1) is 4.97. The highest BCUT2D eigenvalue weighted by Crippen LogP contribution is 2.34. The van der Waals surface area contributed by atoms with Crippen molar-refractivity contribution in [2.24, 2.45) is 5.92 Å². The predicted molar refractivity (Wildman–Crippen MR) is 46.5 cm³/mol. The predicted octanol–water partition coefficient (Wildman–Crippen LogP) is 1.49. The van der Waals surface area contributed by atoms with Gasteiger partial charge >= 0.3 is 0 Å². The Hall–Kier alpha value is 0.310. The van der Waals surface area contributed by atoms with Gasteiger partial charge in [0.05, 0.1) is 0 Å². The molecule has 0 aromatic carbocycles. The zero-order chi connectivity index (χ0) is 6.81. The first kappa shape index (κ1) is 6.99. The van der Waals surface area contributed by atoms with Gasteiger partial charge in [-0.2, -0.15) is 11.8 Å². The summed E-state index contributed by atoms with van der Waals surface area (Å²) in [7, 11) is 0. The van der Waals surface area contributed by atoms with Crippen LogP contribution in [-0.4, -0.2) is 24.1 Å². The molecule has 1 nitrogen and oxygen atoms in total. The first-order valence-corrected chi connectivity index (χ1v) is 5.34. The molecule has 0 aromatic heterocycles. The molecule has 0 aromatic rings. The standard InChI is InChI=1S/C8H15NS/c1-2-8(10-5-1)7-3-4-9-6-7/h7-9H,1-6H2. The molecule has 2 heteroatoms. The second-order valence-electron chi connectivity index (χ2n) is 3.30. The maximum atomic E-state index is 3.44. The van der Waals surface area contributed by atoms with Crippen molar-refractivity contribution in [3.05, 3.63) is 0 Å². The van der Waals surface area contributed by atoms with Crippen molar-refractivity contribution in [1.82, 2.24) is 5.32 Å². The molecular weight excluding hydrogens is 142 g/mol. The molecule has 0 saturated carbocycles. The second-order valence-corrected chi connectivity index (χ2v) is 4.65. The van der Waals surface area contributed by atoms with E-state index in [2.05, 4.69) is 17.1 Å². The van der Waals surface area contributed by atoms with Gasteiger partial charge in [0.1, 0.15) is 0 Å². The number of hydrogen-bond donors (Lipinski definition) is 1. The van der Waals surface area contributed by atoms with E-state index in [1.807, 2.05) is 0 Å². The average Bonchev–Trinajstić information content (AvgIpc) is 2.59. The summed E-state index contributed by atoms with van der Waals surface area (Å²) >= 11 is 2.20. The summed E-state index contributed by atoms with van der Waals surface area (Å²) in [6, 6.07) is 0. The molecule has 0 bridgehead atoms. The van der Waals surface area contributed by atoms with Gasteiger partial charge in [-0.3, -0.25) is 0 Å². The number of rotatable bonds is 1. The Balaban J connectivity index is 1.85. The van der Waals surface area contributed by atoms with E-state index in [1.165, 1.54) is 38.1 Å². The maximum absolute atomic E-state index is 3.44. The fourth-order valence-electron chi connectivity index (χ4n) is 1.97. The largest absolute Gasteiger partial charge is 0.316 e. The normalized spacial score (nSPS) is 40.8. The van der Waals surface area contributed by atoms with E-state index in [4.69, 9.17) is 0 Å². The van der Waals surface area contributed by atoms with Crippen LogP contribution in [0.1, 0.15) is 19.3 Å². The minimum atomic E-state index is 1.01. The van der Waals surface area contributed by atoms with Gasteiger partial charge in [-0.1, -0.05) is 0 Å². The van der Waals surface area contributed by atoms with Crippen molar-refractivity contribution in [1.29, 1.82) is 0 Å². The van der Waals surface area contributed by atoms with E-state index in [1.54, 1.807) is 0 Å². The number of thioether (sulfide) groups is 1. The lowest BCUT2D eigenvalue weighted by Crippen LogP contribution is -2.17. The molecule has 2 fully saturated rings. The minimum absolute atomic E-state index is 1.01. The van der Waals surface area contributed by atoms with Crippen LogP contribution < -0.4 is 5.32 Å².